The van der Waals surface area contributed by atoms with E-state index in [1.165, 1.54) is 5.69 Å². The molecule has 0 unspecified atom stereocenters. The minimum atomic E-state index is -0.201. The maximum Gasteiger partial charge on any atom is 0.271 e. The van der Waals surface area contributed by atoms with E-state index in [1.807, 2.05) is 44.2 Å². The van der Waals surface area contributed by atoms with Crippen LogP contribution in [-0.2, 0) is 4.74 Å². The van der Waals surface area contributed by atoms with Gasteiger partial charge in [0.25, 0.3) is 5.91 Å². The Bertz CT molecular complexity index is 763. The zero-order valence-corrected chi connectivity index (χ0v) is 14.7. The van der Waals surface area contributed by atoms with Crippen LogP contribution in [-0.4, -0.2) is 37.9 Å². The number of benzene rings is 2. The van der Waals surface area contributed by atoms with E-state index in [0.717, 1.165) is 43.1 Å². The Balaban J connectivity index is 1.64. The van der Waals surface area contributed by atoms with Crippen LogP contribution in [0.3, 0.4) is 0 Å². The second-order valence-electron chi connectivity index (χ2n) is 6.15. The summed E-state index contributed by atoms with van der Waals surface area (Å²) in [4.78, 5) is 14.5. The van der Waals surface area contributed by atoms with Gasteiger partial charge in [-0.15, -0.1) is 0 Å². The standard InChI is InChI=1S/C20H23N3O2/c1-15-4-3-5-18(14-15)20(24)22-21-16(2)17-6-8-19(9-7-17)23-10-12-25-13-11-23/h3-9,14H,10-13H2,1-2H3,(H,22,24)/b21-16+. The predicted molar refractivity (Wildman–Crippen MR) is 100 cm³/mol. The monoisotopic (exact) mass is 337 g/mol. The van der Waals surface area contributed by atoms with Crippen molar-refractivity contribution in [3.63, 3.8) is 0 Å². The van der Waals surface area contributed by atoms with Crippen molar-refractivity contribution in [1.82, 2.24) is 5.43 Å². The average molecular weight is 337 g/mol. The topological polar surface area (TPSA) is 53.9 Å². The third kappa shape index (κ3) is 4.45. The zero-order chi connectivity index (χ0) is 17.6. The quantitative estimate of drug-likeness (QED) is 0.689. The van der Waals surface area contributed by atoms with Crippen molar-refractivity contribution in [2.75, 3.05) is 31.2 Å². The Labute approximate surface area is 148 Å². The second-order valence-corrected chi connectivity index (χ2v) is 6.15. The average Bonchev–Trinajstić information content (AvgIpc) is 2.66. The number of hydrogen-bond acceptors (Lipinski definition) is 4. The van der Waals surface area contributed by atoms with Crippen molar-refractivity contribution >= 4 is 17.3 Å². The molecule has 0 saturated carbocycles. The van der Waals surface area contributed by atoms with Gasteiger partial charge in [-0.05, 0) is 43.7 Å². The van der Waals surface area contributed by atoms with Crippen molar-refractivity contribution < 1.29 is 9.53 Å². The molecule has 2 aromatic rings. The number of hydrogen-bond donors (Lipinski definition) is 1. The Morgan fingerprint density at radius 2 is 1.80 bits per heavy atom. The summed E-state index contributed by atoms with van der Waals surface area (Å²) in [6, 6.07) is 15.7. The lowest BCUT2D eigenvalue weighted by atomic mass is 10.1. The first-order chi connectivity index (χ1) is 12.1. The van der Waals surface area contributed by atoms with Gasteiger partial charge in [0.05, 0.1) is 18.9 Å². The van der Waals surface area contributed by atoms with E-state index in [4.69, 9.17) is 4.74 Å². The molecule has 2 aromatic carbocycles. The largest absolute Gasteiger partial charge is 0.378 e. The van der Waals surface area contributed by atoms with Gasteiger partial charge in [-0.1, -0.05) is 29.8 Å². The lowest BCUT2D eigenvalue weighted by Gasteiger charge is -2.28. The molecule has 1 amide bonds. The number of rotatable bonds is 4. The van der Waals surface area contributed by atoms with Crippen molar-refractivity contribution in [2.24, 2.45) is 5.10 Å². The molecule has 0 aromatic heterocycles. The Kier molecular flexibility index (Phi) is 5.46. The van der Waals surface area contributed by atoms with Crippen LogP contribution in [0.2, 0.25) is 0 Å². The molecule has 0 bridgehead atoms. The number of nitrogens with one attached hydrogen (secondary N) is 1. The number of carbonyl (C=O) groups is 1. The van der Waals surface area contributed by atoms with Crippen molar-refractivity contribution in [2.45, 2.75) is 13.8 Å². The first-order valence-corrected chi connectivity index (χ1v) is 8.48. The molecule has 0 aliphatic carbocycles. The highest BCUT2D eigenvalue weighted by Gasteiger charge is 2.11. The maximum absolute atomic E-state index is 12.2. The molecule has 1 heterocycles. The molecule has 1 saturated heterocycles. The summed E-state index contributed by atoms with van der Waals surface area (Å²) >= 11 is 0. The van der Waals surface area contributed by atoms with Crippen LogP contribution in [0.1, 0.15) is 28.4 Å². The molecular weight excluding hydrogens is 314 g/mol. The van der Waals surface area contributed by atoms with Crippen molar-refractivity contribution in [3.8, 4) is 0 Å². The van der Waals surface area contributed by atoms with Gasteiger partial charge in [-0.3, -0.25) is 4.79 Å². The van der Waals surface area contributed by atoms with Crippen molar-refractivity contribution in [3.05, 3.63) is 65.2 Å². The van der Waals surface area contributed by atoms with Gasteiger partial charge < -0.3 is 9.64 Å². The van der Waals surface area contributed by atoms with E-state index in [9.17, 15) is 4.79 Å². The molecule has 0 radical (unpaired) electrons. The summed E-state index contributed by atoms with van der Waals surface area (Å²) in [5.41, 5.74) is 7.23. The summed E-state index contributed by atoms with van der Waals surface area (Å²) in [6.45, 7) is 7.22. The van der Waals surface area contributed by atoms with Gasteiger partial charge in [0.1, 0.15) is 0 Å². The fourth-order valence-electron chi connectivity index (χ4n) is 2.79. The minimum absolute atomic E-state index is 0.201. The molecule has 1 N–H and O–H groups in total. The number of aryl methyl sites for hydroxylation is 1. The molecular formula is C20H23N3O2. The number of nitrogens with zero attached hydrogens (tertiary/aromatic N) is 2. The molecule has 1 aliphatic heterocycles. The van der Waals surface area contributed by atoms with Crippen LogP contribution < -0.4 is 10.3 Å². The highest BCUT2D eigenvalue weighted by molar-refractivity contribution is 6.01. The van der Waals surface area contributed by atoms with Crippen LogP contribution in [0.5, 0.6) is 0 Å². The van der Waals surface area contributed by atoms with Gasteiger partial charge >= 0.3 is 0 Å². The maximum atomic E-state index is 12.2. The summed E-state index contributed by atoms with van der Waals surface area (Å²) in [5, 5.41) is 4.23. The van der Waals surface area contributed by atoms with Crippen LogP contribution in [0.25, 0.3) is 0 Å². The zero-order valence-electron chi connectivity index (χ0n) is 14.7. The number of morpholine rings is 1. The van der Waals surface area contributed by atoms with Gasteiger partial charge in [0.2, 0.25) is 0 Å². The molecule has 130 valence electrons. The number of hydrazone groups is 1. The molecule has 3 rings (SSSR count). The first kappa shape index (κ1) is 17.2. The molecule has 5 heteroatoms. The molecule has 1 aliphatic rings. The SMILES string of the molecule is C/C(=N\NC(=O)c1cccc(C)c1)c1ccc(N2CCOCC2)cc1. The second kappa shape index (κ2) is 7.94. The van der Waals surface area contributed by atoms with E-state index in [0.29, 0.717) is 5.56 Å². The molecule has 1 fully saturated rings. The molecule has 0 spiro atoms. The van der Waals surface area contributed by atoms with Crippen LogP contribution in [0.15, 0.2) is 53.6 Å². The van der Waals surface area contributed by atoms with E-state index >= 15 is 0 Å². The summed E-state index contributed by atoms with van der Waals surface area (Å²) in [6.07, 6.45) is 0. The summed E-state index contributed by atoms with van der Waals surface area (Å²) in [5.74, 6) is -0.201. The Morgan fingerprint density at radius 1 is 1.08 bits per heavy atom. The smallest absolute Gasteiger partial charge is 0.271 e. The first-order valence-electron chi connectivity index (χ1n) is 8.48. The molecule has 25 heavy (non-hydrogen) atoms. The minimum Gasteiger partial charge on any atom is -0.378 e. The van der Waals surface area contributed by atoms with Crippen molar-refractivity contribution in [1.29, 1.82) is 0 Å². The summed E-state index contributed by atoms with van der Waals surface area (Å²) < 4.78 is 5.38. The van der Waals surface area contributed by atoms with Crippen LogP contribution >= 0.6 is 0 Å². The number of carbonyl (C=O) groups excluding carboxylic acids is 1. The third-order valence-corrected chi connectivity index (χ3v) is 4.27. The van der Waals surface area contributed by atoms with Gasteiger partial charge in [-0.2, -0.15) is 5.10 Å². The number of amides is 1. The van der Waals surface area contributed by atoms with Gasteiger partial charge in [-0.25, -0.2) is 5.43 Å². The highest BCUT2D eigenvalue weighted by Crippen LogP contribution is 2.17. The van der Waals surface area contributed by atoms with Crippen LogP contribution in [0.4, 0.5) is 5.69 Å². The lowest BCUT2D eigenvalue weighted by Crippen LogP contribution is -2.36. The van der Waals surface area contributed by atoms with Crippen LogP contribution in [0, 0.1) is 6.92 Å². The Morgan fingerprint density at radius 3 is 2.48 bits per heavy atom. The summed E-state index contributed by atoms with van der Waals surface area (Å²) in [7, 11) is 0. The normalized spacial score (nSPS) is 15.1. The predicted octanol–water partition coefficient (Wildman–Crippen LogP) is 2.99. The van der Waals surface area contributed by atoms with E-state index in [-0.39, 0.29) is 5.91 Å². The number of anilines is 1. The lowest BCUT2D eigenvalue weighted by molar-refractivity contribution is 0.0954. The Hall–Kier alpha value is -2.66. The van der Waals surface area contributed by atoms with E-state index in [1.54, 1.807) is 6.07 Å². The van der Waals surface area contributed by atoms with E-state index < -0.39 is 0 Å². The number of ether oxygens (including phenoxy) is 1. The fourth-order valence-corrected chi connectivity index (χ4v) is 2.79. The third-order valence-electron chi connectivity index (χ3n) is 4.27. The fraction of sp³-hybridized carbons (Fsp3) is 0.300. The highest BCUT2D eigenvalue weighted by atomic mass is 16.5. The molecule has 5 nitrogen and oxygen atoms in total. The van der Waals surface area contributed by atoms with Gasteiger partial charge in [0.15, 0.2) is 0 Å². The molecule has 0 atom stereocenters. The van der Waals surface area contributed by atoms with E-state index in [2.05, 4.69) is 27.6 Å². The van der Waals surface area contributed by atoms with Gasteiger partial charge in [0, 0.05) is 24.3 Å².